The van der Waals surface area contributed by atoms with E-state index in [2.05, 4.69) is 41.5 Å². The molecule has 0 bridgehead atoms. The van der Waals surface area contributed by atoms with Crippen molar-refractivity contribution in [3.63, 3.8) is 0 Å². The molecule has 0 radical (unpaired) electrons. The molecule has 0 saturated carbocycles. The van der Waals surface area contributed by atoms with Gasteiger partial charge in [-0.2, -0.15) is 0 Å². The van der Waals surface area contributed by atoms with E-state index in [1.807, 2.05) is 112 Å². The number of nitrogens with one attached hydrogen (secondary N) is 2. The predicted molar refractivity (Wildman–Crippen MR) is 248 cm³/mol. The standard InChI is InChI=1S/C50H77N5O8/c1-11-36(6)41(54(9)46(35(4)5)50(61)52-49(60)45(34(2)3)53(8)30-19-25-43(56)57)28-29-44(58)63-33-55-31-18-24-42(55)47(62-10)37(7)48(59)51-40(32-39-22-16-13-17-23-39)27-26-38-20-14-12-15-21-38/h12-17,20-23,26-27,34-37,40-42,45-47H,11,18-19,24-25,28-33H2,1-10H3,(H,51,59)(H,56,57)(H,52,60,61)/b27-26+/t36-,37?,40?,41-,42?,45-,46+,47+/m0/s1. The summed E-state index contributed by atoms with van der Waals surface area (Å²) in [5.41, 5.74) is 2.17. The van der Waals surface area contributed by atoms with Crippen LogP contribution in [0.25, 0.3) is 6.08 Å². The Balaban J connectivity index is 1.63. The molecule has 8 atom stereocenters. The molecule has 1 heterocycles. The molecule has 1 fully saturated rings. The molecule has 1 aliphatic heterocycles. The largest absolute Gasteiger partial charge is 0.481 e. The van der Waals surface area contributed by atoms with Crippen molar-refractivity contribution in [3.05, 3.63) is 77.9 Å². The first kappa shape index (κ1) is 52.9. The molecule has 0 spiro atoms. The maximum Gasteiger partial charge on any atom is 0.307 e. The van der Waals surface area contributed by atoms with Crippen molar-refractivity contribution in [3.8, 4) is 0 Å². The van der Waals surface area contributed by atoms with Crippen LogP contribution < -0.4 is 10.6 Å². The average Bonchev–Trinajstić information content (AvgIpc) is 3.70. The van der Waals surface area contributed by atoms with Crippen molar-refractivity contribution in [1.82, 2.24) is 25.3 Å². The third-order valence-electron chi connectivity index (χ3n) is 12.6. The first-order valence-corrected chi connectivity index (χ1v) is 23.0. The van der Waals surface area contributed by atoms with Gasteiger partial charge in [-0.05, 0) is 81.6 Å². The number of hydrogen-bond acceptors (Lipinski definition) is 10. The van der Waals surface area contributed by atoms with Crippen molar-refractivity contribution < 1.29 is 38.6 Å². The smallest absolute Gasteiger partial charge is 0.307 e. The Hall–Kier alpha value is -4.43. The second kappa shape index (κ2) is 27.0. The van der Waals surface area contributed by atoms with E-state index in [0.29, 0.717) is 32.4 Å². The van der Waals surface area contributed by atoms with Crippen molar-refractivity contribution in [2.75, 3.05) is 41.0 Å². The first-order chi connectivity index (χ1) is 30.0. The number of amides is 3. The maximum atomic E-state index is 13.9. The Morgan fingerprint density at radius 2 is 1.49 bits per heavy atom. The highest BCUT2D eigenvalue weighted by Crippen LogP contribution is 2.28. The minimum Gasteiger partial charge on any atom is -0.481 e. The van der Waals surface area contributed by atoms with Gasteiger partial charge in [0.15, 0.2) is 0 Å². The number of carbonyl (C=O) groups excluding carboxylic acids is 4. The summed E-state index contributed by atoms with van der Waals surface area (Å²) < 4.78 is 11.9. The number of esters is 1. The van der Waals surface area contributed by atoms with E-state index >= 15 is 0 Å². The van der Waals surface area contributed by atoms with Gasteiger partial charge in [0.2, 0.25) is 17.7 Å². The lowest BCUT2D eigenvalue weighted by Gasteiger charge is -2.39. The second-order valence-electron chi connectivity index (χ2n) is 18.1. The van der Waals surface area contributed by atoms with E-state index in [-0.39, 0.29) is 67.3 Å². The zero-order valence-corrected chi connectivity index (χ0v) is 39.6. The highest BCUT2D eigenvalue weighted by Gasteiger charge is 2.39. The fraction of sp³-hybridized carbons (Fsp3) is 0.620. The van der Waals surface area contributed by atoms with Crippen LogP contribution in [0, 0.1) is 23.7 Å². The zero-order valence-electron chi connectivity index (χ0n) is 39.6. The summed E-state index contributed by atoms with van der Waals surface area (Å²) in [7, 11) is 5.29. The zero-order chi connectivity index (χ0) is 46.6. The number of rotatable bonds is 27. The first-order valence-electron chi connectivity index (χ1n) is 23.0. The van der Waals surface area contributed by atoms with Crippen LogP contribution in [-0.4, -0.2) is 127 Å². The molecule has 3 unspecified atom stereocenters. The maximum absolute atomic E-state index is 13.9. The highest BCUT2D eigenvalue weighted by molar-refractivity contribution is 6.00. The van der Waals surface area contributed by atoms with Gasteiger partial charge in [0.25, 0.3) is 0 Å². The Bertz CT molecular complexity index is 1740. The van der Waals surface area contributed by atoms with Gasteiger partial charge in [0.1, 0.15) is 6.73 Å². The molecule has 3 N–H and O–H groups in total. The third-order valence-corrected chi connectivity index (χ3v) is 12.6. The van der Waals surface area contributed by atoms with Crippen LogP contribution in [0.4, 0.5) is 0 Å². The number of carbonyl (C=O) groups is 5. The van der Waals surface area contributed by atoms with Gasteiger partial charge < -0.3 is 19.9 Å². The number of carboxylic acid groups (broad SMARTS) is 1. The lowest BCUT2D eigenvalue weighted by atomic mass is 9.90. The van der Waals surface area contributed by atoms with Gasteiger partial charge in [0, 0.05) is 38.6 Å². The van der Waals surface area contributed by atoms with Crippen molar-refractivity contribution in [2.24, 2.45) is 23.7 Å². The van der Waals surface area contributed by atoms with Crippen LogP contribution in [0.15, 0.2) is 66.7 Å². The second-order valence-corrected chi connectivity index (χ2v) is 18.1. The Labute approximate surface area is 377 Å². The fourth-order valence-corrected chi connectivity index (χ4v) is 9.09. The van der Waals surface area contributed by atoms with Crippen LogP contribution in [0.1, 0.15) is 105 Å². The van der Waals surface area contributed by atoms with Gasteiger partial charge in [0.05, 0.1) is 30.1 Å². The minimum atomic E-state index is -0.892. The monoisotopic (exact) mass is 876 g/mol. The third kappa shape index (κ3) is 16.9. The number of hydrogen-bond donors (Lipinski definition) is 3. The number of nitrogens with zero attached hydrogens (tertiary/aromatic N) is 3. The van der Waals surface area contributed by atoms with E-state index in [1.54, 1.807) is 14.2 Å². The number of likely N-dealkylation sites (N-methyl/N-ethyl adjacent to an activating group) is 2. The lowest BCUT2D eigenvalue weighted by molar-refractivity contribution is -0.152. The van der Waals surface area contributed by atoms with Gasteiger partial charge in [-0.3, -0.25) is 44.0 Å². The van der Waals surface area contributed by atoms with Gasteiger partial charge in [-0.1, -0.05) is 128 Å². The molecule has 1 saturated heterocycles. The van der Waals surface area contributed by atoms with Gasteiger partial charge in [-0.15, -0.1) is 0 Å². The normalized spacial score (nSPS) is 18.0. The predicted octanol–water partition coefficient (Wildman–Crippen LogP) is 6.66. The molecule has 3 amide bonds. The number of ether oxygens (including phenoxy) is 2. The molecule has 2 aromatic carbocycles. The molecule has 350 valence electrons. The number of methoxy groups -OCH3 is 1. The van der Waals surface area contributed by atoms with E-state index in [4.69, 9.17) is 14.6 Å². The topological polar surface area (TPSA) is 158 Å². The van der Waals surface area contributed by atoms with Crippen molar-refractivity contribution >= 4 is 35.7 Å². The Kier molecular flexibility index (Phi) is 22.7. The molecular formula is C50H77N5O8. The van der Waals surface area contributed by atoms with Crippen LogP contribution in [0.3, 0.4) is 0 Å². The van der Waals surface area contributed by atoms with Crippen LogP contribution in [0.2, 0.25) is 0 Å². The summed E-state index contributed by atoms with van der Waals surface area (Å²) in [5.74, 6) is -2.76. The number of imide groups is 1. The van der Waals surface area contributed by atoms with E-state index in [1.165, 1.54) is 0 Å². The van der Waals surface area contributed by atoms with Crippen LogP contribution in [-0.2, 0) is 39.9 Å². The summed E-state index contributed by atoms with van der Waals surface area (Å²) in [4.78, 5) is 71.8. The quantitative estimate of drug-likeness (QED) is 0.0826. The van der Waals surface area contributed by atoms with E-state index < -0.39 is 41.9 Å². The molecule has 2 aromatic rings. The summed E-state index contributed by atoms with van der Waals surface area (Å²) in [6.45, 7) is 15.0. The van der Waals surface area contributed by atoms with E-state index in [9.17, 15) is 24.0 Å². The lowest BCUT2D eigenvalue weighted by Crippen LogP contribution is -2.57. The Morgan fingerprint density at radius 1 is 0.873 bits per heavy atom. The molecule has 1 aliphatic rings. The summed E-state index contributed by atoms with van der Waals surface area (Å²) in [6.07, 6.45) is 7.78. The fourth-order valence-electron chi connectivity index (χ4n) is 9.09. The summed E-state index contributed by atoms with van der Waals surface area (Å²) in [5, 5.41) is 15.0. The summed E-state index contributed by atoms with van der Waals surface area (Å²) in [6, 6.07) is 18.3. The molecular weight excluding hydrogens is 799 g/mol. The number of aliphatic carboxylic acids is 1. The molecule has 3 rings (SSSR count). The minimum absolute atomic E-state index is 0.00177. The molecule has 13 heteroatoms. The van der Waals surface area contributed by atoms with Gasteiger partial charge >= 0.3 is 11.9 Å². The summed E-state index contributed by atoms with van der Waals surface area (Å²) >= 11 is 0. The molecule has 13 nitrogen and oxygen atoms in total. The molecule has 63 heavy (non-hydrogen) atoms. The molecule has 0 aromatic heterocycles. The number of benzene rings is 2. The van der Waals surface area contributed by atoms with Gasteiger partial charge in [-0.25, -0.2) is 0 Å². The van der Waals surface area contributed by atoms with Crippen LogP contribution in [0.5, 0.6) is 0 Å². The van der Waals surface area contributed by atoms with Crippen molar-refractivity contribution in [2.45, 2.75) is 136 Å². The average molecular weight is 876 g/mol. The Morgan fingerprint density at radius 3 is 2.08 bits per heavy atom. The van der Waals surface area contributed by atoms with E-state index in [0.717, 1.165) is 30.4 Å². The number of likely N-dealkylation sites (tertiary alicyclic amines) is 1. The number of carboxylic acids is 1. The molecule has 0 aliphatic carbocycles. The highest BCUT2D eigenvalue weighted by atomic mass is 16.5. The van der Waals surface area contributed by atoms with Crippen LogP contribution >= 0.6 is 0 Å². The SMILES string of the molecule is CC[C@H](C)[C@H](CCC(=O)OCN1CCCC1[C@H](OC)C(C)C(=O)NC(/C=C/c1ccccc1)Cc1ccccc1)N(C)[C@@H](C(=O)NC(=O)[C@H](C(C)C)N(C)CCCC(=O)O)C(C)C. The van der Waals surface area contributed by atoms with Crippen molar-refractivity contribution in [1.29, 1.82) is 0 Å².